The van der Waals surface area contributed by atoms with Crippen LogP contribution in [0.2, 0.25) is 10.2 Å². The number of fused-ring (bicyclic) bond motifs is 1. The average molecular weight is 313 g/mol. The second kappa shape index (κ2) is 4.71. The van der Waals surface area contributed by atoms with Crippen molar-refractivity contribution in [1.82, 2.24) is 9.97 Å². The molecule has 2 nitrogen and oxygen atoms in total. The van der Waals surface area contributed by atoms with Crippen LogP contribution in [-0.4, -0.2) is 9.97 Å². The molecule has 0 saturated carbocycles. The summed E-state index contributed by atoms with van der Waals surface area (Å²) in [4.78, 5) is 10.3. The zero-order valence-corrected chi connectivity index (χ0v) is 12.1. The first-order valence-corrected chi connectivity index (χ1v) is 7.01. The normalized spacial score (nSPS) is 11.2. The SMILES string of the molecule is Cc1cc2c(Cl)nc(-c3ccc(Cl)cc3F)nc2s1. The van der Waals surface area contributed by atoms with Gasteiger partial charge in [-0.2, -0.15) is 0 Å². The van der Waals surface area contributed by atoms with Gasteiger partial charge in [0, 0.05) is 15.3 Å². The number of hydrogen-bond donors (Lipinski definition) is 0. The zero-order valence-electron chi connectivity index (χ0n) is 9.75. The number of thiophene rings is 1. The molecule has 3 aromatic rings. The number of aryl methyl sites for hydroxylation is 1. The van der Waals surface area contributed by atoms with Crippen molar-refractivity contribution in [1.29, 1.82) is 0 Å². The van der Waals surface area contributed by atoms with Crippen LogP contribution in [0.1, 0.15) is 4.88 Å². The van der Waals surface area contributed by atoms with Gasteiger partial charge in [-0.1, -0.05) is 23.2 Å². The Labute approximate surface area is 122 Å². The molecule has 2 aromatic heterocycles. The lowest BCUT2D eigenvalue weighted by molar-refractivity contribution is 0.630. The molecule has 0 spiro atoms. The van der Waals surface area contributed by atoms with Crippen LogP contribution in [0.5, 0.6) is 0 Å². The highest BCUT2D eigenvalue weighted by Crippen LogP contribution is 2.31. The largest absolute Gasteiger partial charge is 0.217 e. The Balaban J connectivity index is 2.25. The zero-order chi connectivity index (χ0) is 13.6. The molecular formula is C13H7Cl2FN2S. The monoisotopic (exact) mass is 312 g/mol. The topological polar surface area (TPSA) is 25.8 Å². The Hall–Kier alpha value is -1.23. The Morgan fingerprint density at radius 1 is 1.16 bits per heavy atom. The molecule has 96 valence electrons. The number of halogens is 3. The van der Waals surface area contributed by atoms with Gasteiger partial charge in [-0.05, 0) is 31.2 Å². The fourth-order valence-electron chi connectivity index (χ4n) is 1.80. The molecule has 0 aliphatic rings. The molecule has 0 saturated heterocycles. The van der Waals surface area contributed by atoms with E-state index in [1.54, 1.807) is 12.1 Å². The molecule has 2 heterocycles. The molecule has 1 aromatic carbocycles. The van der Waals surface area contributed by atoms with Crippen molar-refractivity contribution in [3.8, 4) is 11.4 Å². The van der Waals surface area contributed by atoms with Gasteiger partial charge in [0.15, 0.2) is 5.82 Å². The van der Waals surface area contributed by atoms with E-state index in [1.165, 1.54) is 17.4 Å². The Bertz CT molecular complexity index is 786. The molecule has 0 bridgehead atoms. The van der Waals surface area contributed by atoms with Gasteiger partial charge in [-0.15, -0.1) is 11.3 Å². The molecule has 0 aliphatic heterocycles. The van der Waals surface area contributed by atoms with E-state index in [1.807, 2.05) is 13.0 Å². The Kier molecular flexibility index (Phi) is 3.17. The van der Waals surface area contributed by atoms with Gasteiger partial charge in [0.05, 0.1) is 5.56 Å². The third kappa shape index (κ3) is 2.31. The molecule has 3 rings (SSSR count). The van der Waals surface area contributed by atoms with Crippen LogP contribution in [0.15, 0.2) is 24.3 Å². The summed E-state index contributed by atoms with van der Waals surface area (Å²) in [7, 11) is 0. The summed E-state index contributed by atoms with van der Waals surface area (Å²) < 4.78 is 13.9. The van der Waals surface area contributed by atoms with Gasteiger partial charge >= 0.3 is 0 Å². The quantitative estimate of drug-likeness (QED) is 0.583. The van der Waals surface area contributed by atoms with Gasteiger partial charge in [-0.3, -0.25) is 0 Å². The average Bonchev–Trinajstić information content (AvgIpc) is 2.70. The minimum absolute atomic E-state index is 0.272. The maximum absolute atomic E-state index is 13.9. The van der Waals surface area contributed by atoms with Crippen LogP contribution in [0.25, 0.3) is 21.6 Å². The first-order chi connectivity index (χ1) is 9.04. The molecule has 6 heteroatoms. The van der Waals surface area contributed by atoms with Gasteiger partial charge in [0.2, 0.25) is 0 Å². The lowest BCUT2D eigenvalue weighted by Crippen LogP contribution is -1.92. The Morgan fingerprint density at radius 3 is 2.68 bits per heavy atom. The predicted octanol–water partition coefficient (Wildman–Crippen LogP) is 5.11. The van der Waals surface area contributed by atoms with Gasteiger partial charge < -0.3 is 0 Å². The minimum Gasteiger partial charge on any atom is -0.217 e. The van der Waals surface area contributed by atoms with Gasteiger partial charge in [-0.25, -0.2) is 14.4 Å². The summed E-state index contributed by atoms with van der Waals surface area (Å²) >= 11 is 13.3. The second-order valence-corrected chi connectivity index (χ2v) is 6.07. The summed E-state index contributed by atoms with van der Waals surface area (Å²) in [5, 5.41) is 1.46. The third-order valence-corrected chi connectivity index (χ3v) is 4.11. The summed E-state index contributed by atoms with van der Waals surface area (Å²) in [5.41, 5.74) is 0.291. The molecular weight excluding hydrogens is 306 g/mol. The fourth-order valence-corrected chi connectivity index (χ4v) is 3.12. The number of rotatable bonds is 1. The van der Waals surface area contributed by atoms with Crippen LogP contribution in [0.3, 0.4) is 0 Å². The predicted molar refractivity (Wildman–Crippen MR) is 77.6 cm³/mol. The lowest BCUT2D eigenvalue weighted by Gasteiger charge is -2.03. The highest BCUT2D eigenvalue weighted by atomic mass is 35.5. The van der Waals surface area contributed by atoms with E-state index in [2.05, 4.69) is 9.97 Å². The van der Waals surface area contributed by atoms with E-state index in [0.29, 0.717) is 15.7 Å². The van der Waals surface area contributed by atoms with Crippen LogP contribution >= 0.6 is 34.5 Å². The number of benzene rings is 1. The van der Waals surface area contributed by atoms with Crippen molar-refractivity contribution >= 4 is 44.8 Å². The molecule has 0 amide bonds. The van der Waals surface area contributed by atoms with E-state index in [-0.39, 0.29) is 5.82 Å². The van der Waals surface area contributed by atoms with Crippen LogP contribution < -0.4 is 0 Å². The van der Waals surface area contributed by atoms with Crippen LogP contribution in [0, 0.1) is 12.7 Å². The van der Waals surface area contributed by atoms with E-state index in [4.69, 9.17) is 23.2 Å². The minimum atomic E-state index is -0.462. The fraction of sp³-hybridized carbons (Fsp3) is 0.0769. The van der Waals surface area contributed by atoms with Gasteiger partial charge in [0.25, 0.3) is 0 Å². The third-order valence-electron chi connectivity index (χ3n) is 2.64. The van der Waals surface area contributed by atoms with Crippen molar-refractivity contribution in [2.45, 2.75) is 6.92 Å². The van der Waals surface area contributed by atoms with Crippen molar-refractivity contribution in [2.24, 2.45) is 0 Å². The van der Waals surface area contributed by atoms with Crippen molar-refractivity contribution < 1.29 is 4.39 Å². The van der Waals surface area contributed by atoms with E-state index < -0.39 is 5.82 Å². The van der Waals surface area contributed by atoms with Crippen LogP contribution in [-0.2, 0) is 0 Å². The highest BCUT2D eigenvalue weighted by Gasteiger charge is 2.13. The van der Waals surface area contributed by atoms with E-state index in [9.17, 15) is 4.39 Å². The van der Waals surface area contributed by atoms with Crippen molar-refractivity contribution in [2.75, 3.05) is 0 Å². The standard InChI is InChI=1S/C13H7Cl2FN2S/c1-6-4-9-11(15)17-12(18-13(9)19-6)8-3-2-7(14)5-10(8)16/h2-5H,1H3. The van der Waals surface area contributed by atoms with Crippen molar-refractivity contribution in [3.05, 3.63) is 45.1 Å². The van der Waals surface area contributed by atoms with Crippen molar-refractivity contribution in [3.63, 3.8) is 0 Å². The molecule has 0 fully saturated rings. The number of nitrogens with zero attached hydrogens (tertiary/aromatic N) is 2. The molecule has 19 heavy (non-hydrogen) atoms. The van der Waals surface area contributed by atoms with E-state index >= 15 is 0 Å². The lowest BCUT2D eigenvalue weighted by atomic mass is 10.2. The molecule has 0 atom stereocenters. The molecule has 0 unspecified atom stereocenters. The maximum atomic E-state index is 13.9. The second-order valence-electron chi connectivity index (χ2n) is 4.04. The Morgan fingerprint density at radius 2 is 1.95 bits per heavy atom. The summed E-state index contributed by atoms with van der Waals surface area (Å²) in [6, 6.07) is 6.30. The summed E-state index contributed by atoms with van der Waals surface area (Å²) in [6.45, 7) is 1.96. The molecule has 0 radical (unpaired) electrons. The number of hydrogen-bond acceptors (Lipinski definition) is 3. The first-order valence-electron chi connectivity index (χ1n) is 5.44. The summed E-state index contributed by atoms with van der Waals surface area (Å²) in [5.74, 6) is -0.190. The first kappa shape index (κ1) is 12.8. The van der Waals surface area contributed by atoms with E-state index in [0.717, 1.165) is 15.1 Å². The molecule has 0 aliphatic carbocycles. The van der Waals surface area contributed by atoms with Gasteiger partial charge in [0.1, 0.15) is 15.8 Å². The summed E-state index contributed by atoms with van der Waals surface area (Å²) in [6.07, 6.45) is 0. The smallest absolute Gasteiger partial charge is 0.165 e. The number of aromatic nitrogens is 2. The maximum Gasteiger partial charge on any atom is 0.165 e. The van der Waals surface area contributed by atoms with Crippen LogP contribution in [0.4, 0.5) is 4.39 Å². The molecule has 0 N–H and O–H groups in total. The highest BCUT2D eigenvalue weighted by molar-refractivity contribution is 7.18.